The molecule has 0 heterocycles. The Bertz CT molecular complexity index is 83.9. The summed E-state index contributed by atoms with van der Waals surface area (Å²) in [6, 6.07) is 0. The van der Waals surface area contributed by atoms with Crippen molar-refractivity contribution in [3.05, 3.63) is 0 Å². The number of ether oxygens (including phenoxy) is 1. The third-order valence-corrected chi connectivity index (χ3v) is 1.84. The van der Waals surface area contributed by atoms with Crippen LogP contribution < -0.4 is 0 Å². The van der Waals surface area contributed by atoms with Crippen molar-refractivity contribution < 1.29 is 9.84 Å². The Hall–Kier alpha value is -0.0800. The van der Waals surface area contributed by atoms with Crippen molar-refractivity contribution in [1.82, 2.24) is 0 Å². The largest absolute Gasteiger partial charge is 0.391 e. The second-order valence-electron chi connectivity index (χ2n) is 3.22. The average molecular weight is 174 g/mol. The third-order valence-electron chi connectivity index (χ3n) is 1.84. The molecule has 0 saturated carbocycles. The summed E-state index contributed by atoms with van der Waals surface area (Å²) in [5, 5.41) is 9.35. The first-order valence-corrected chi connectivity index (χ1v) is 5.07. The summed E-state index contributed by atoms with van der Waals surface area (Å²) in [4.78, 5) is 0. The molecule has 2 nitrogen and oxygen atoms in total. The first kappa shape index (κ1) is 11.9. The molecule has 0 aliphatic rings. The fourth-order valence-electron chi connectivity index (χ4n) is 0.989. The molecule has 0 aromatic heterocycles. The molecule has 0 fully saturated rings. The van der Waals surface area contributed by atoms with Gasteiger partial charge in [-0.2, -0.15) is 0 Å². The Labute approximate surface area is 75.9 Å². The van der Waals surface area contributed by atoms with Crippen LogP contribution in [0.2, 0.25) is 0 Å². The molecule has 0 aliphatic carbocycles. The number of aliphatic hydroxyl groups is 1. The molecule has 0 aromatic carbocycles. The van der Waals surface area contributed by atoms with Crippen molar-refractivity contribution in [2.45, 2.75) is 52.1 Å². The maximum Gasteiger partial charge on any atom is 0.0773 e. The summed E-state index contributed by atoms with van der Waals surface area (Å²) in [6.45, 7) is 5.57. The van der Waals surface area contributed by atoms with Crippen LogP contribution in [0.5, 0.6) is 0 Å². The highest BCUT2D eigenvalue weighted by atomic mass is 16.5. The maximum atomic E-state index is 9.35. The SMILES string of the molecule is CCCCOCC(O)CCCC. The molecule has 1 atom stereocenters. The Morgan fingerprint density at radius 1 is 1.17 bits per heavy atom. The van der Waals surface area contributed by atoms with Crippen LogP contribution in [0.25, 0.3) is 0 Å². The molecule has 0 spiro atoms. The van der Waals surface area contributed by atoms with Gasteiger partial charge in [0.2, 0.25) is 0 Å². The number of hydrogen-bond acceptors (Lipinski definition) is 2. The van der Waals surface area contributed by atoms with Crippen LogP contribution in [-0.4, -0.2) is 24.4 Å². The van der Waals surface area contributed by atoms with Crippen molar-refractivity contribution in [2.24, 2.45) is 0 Å². The van der Waals surface area contributed by atoms with E-state index in [0.717, 1.165) is 38.7 Å². The summed E-state index contributed by atoms with van der Waals surface area (Å²) in [7, 11) is 0. The zero-order valence-corrected chi connectivity index (χ0v) is 8.38. The number of aliphatic hydroxyl groups excluding tert-OH is 1. The van der Waals surface area contributed by atoms with Crippen LogP contribution in [0.1, 0.15) is 46.0 Å². The number of hydrogen-bond donors (Lipinski definition) is 1. The van der Waals surface area contributed by atoms with Crippen molar-refractivity contribution in [2.75, 3.05) is 13.2 Å². The zero-order chi connectivity index (χ0) is 9.23. The molecule has 1 N–H and O–H groups in total. The van der Waals surface area contributed by atoms with E-state index in [1.807, 2.05) is 0 Å². The minimum Gasteiger partial charge on any atom is -0.391 e. The topological polar surface area (TPSA) is 29.5 Å². The molecule has 0 rings (SSSR count). The van der Waals surface area contributed by atoms with Crippen LogP contribution in [0.3, 0.4) is 0 Å². The molecule has 0 bridgehead atoms. The molecule has 12 heavy (non-hydrogen) atoms. The van der Waals surface area contributed by atoms with E-state index in [1.165, 1.54) is 0 Å². The standard InChI is InChI=1S/C10H22O2/c1-3-5-7-10(11)9-12-8-6-4-2/h10-11H,3-9H2,1-2H3. The summed E-state index contributed by atoms with van der Waals surface area (Å²) in [5.74, 6) is 0. The van der Waals surface area contributed by atoms with Gasteiger partial charge < -0.3 is 9.84 Å². The van der Waals surface area contributed by atoms with Gasteiger partial charge in [-0.15, -0.1) is 0 Å². The van der Waals surface area contributed by atoms with E-state index in [9.17, 15) is 5.11 Å². The second-order valence-corrected chi connectivity index (χ2v) is 3.22. The fourth-order valence-corrected chi connectivity index (χ4v) is 0.989. The van der Waals surface area contributed by atoms with Gasteiger partial charge in [-0.05, 0) is 12.8 Å². The molecular formula is C10H22O2. The Morgan fingerprint density at radius 3 is 2.42 bits per heavy atom. The van der Waals surface area contributed by atoms with Crippen molar-refractivity contribution in [3.8, 4) is 0 Å². The predicted molar refractivity (Wildman–Crippen MR) is 51.3 cm³/mol. The fraction of sp³-hybridized carbons (Fsp3) is 1.00. The lowest BCUT2D eigenvalue weighted by atomic mass is 10.2. The Kier molecular flexibility index (Phi) is 8.95. The van der Waals surface area contributed by atoms with Crippen LogP contribution in [0.15, 0.2) is 0 Å². The minimum atomic E-state index is -0.248. The lowest BCUT2D eigenvalue weighted by Crippen LogP contribution is -2.15. The van der Waals surface area contributed by atoms with Crippen LogP contribution in [0, 0.1) is 0 Å². The highest BCUT2D eigenvalue weighted by Crippen LogP contribution is 2.00. The molecule has 74 valence electrons. The lowest BCUT2D eigenvalue weighted by Gasteiger charge is -2.09. The maximum absolute atomic E-state index is 9.35. The lowest BCUT2D eigenvalue weighted by molar-refractivity contribution is 0.0305. The van der Waals surface area contributed by atoms with E-state index in [-0.39, 0.29) is 6.10 Å². The van der Waals surface area contributed by atoms with Crippen molar-refractivity contribution in [3.63, 3.8) is 0 Å². The van der Waals surface area contributed by atoms with Gasteiger partial charge in [-0.1, -0.05) is 33.1 Å². The van der Waals surface area contributed by atoms with E-state index < -0.39 is 0 Å². The number of rotatable bonds is 8. The summed E-state index contributed by atoms with van der Waals surface area (Å²) in [5.41, 5.74) is 0. The van der Waals surface area contributed by atoms with Gasteiger partial charge in [-0.25, -0.2) is 0 Å². The van der Waals surface area contributed by atoms with Crippen LogP contribution in [-0.2, 0) is 4.74 Å². The molecule has 1 unspecified atom stereocenters. The van der Waals surface area contributed by atoms with E-state index in [4.69, 9.17) is 4.74 Å². The van der Waals surface area contributed by atoms with Gasteiger partial charge in [0.05, 0.1) is 12.7 Å². The Morgan fingerprint density at radius 2 is 1.83 bits per heavy atom. The summed E-state index contributed by atoms with van der Waals surface area (Å²) >= 11 is 0. The van der Waals surface area contributed by atoms with Crippen LogP contribution in [0.4, 0.5) is 0 Å². The average Bonchev–Trinajstić information content (AvgIpc) is 2.09. The van der Waals surface area contributed by atoms with Gasteiger partial charge in [0.1, 0.15) is 0 Å². The summed E-state index contributed by atoms with van der Waals surface area (Å²) < 4.78 is 5.28. The molecule has 0 aromatic rings. The van der Waals surface area contributed by atoms with E-state index in [1.54, 1.807) is 0 Å². The van der Waals surface area contributed by atoms with Gasteiger partial charge in [0.25, 0.3) is 0 Å². The van der Waals surface area contributed by atoms with E-state index >= 15 is 0 Å². The van der Waals surface area contributed by atoms with E-state index in [2.05, 4.69) is 13.8 Å². The third kappa shape index (κ3) is 8.02. The zero-order valence-electron chi connectivity index (χ0n) is 8.38. The first-order chi connectivity index (χ1) is 5.81. The molecule has 2 heteroatoms. The molecule has 0 radical (unpaired) electrons. The molecule has 0 aliphatic heterocycles. The smallest absolute Gasteiger partial charge is 0.0773 e. The quantitative estimate of drug-likeness (QED) is 0.572. The first-order valence-electron chi connectivity index (χ1n) is 5.07. The number of unbranched alkanes of at least 4 members (excludes halogenated alkanes) is 2. The highest BCUT2D eigenvalue weighted by molar-refractivity contribution is 4.52. The van der Waals surface area contributed by atoms with Gasteiger partial charge in [0, 0.05) is 6.61 Å². The normalized spacial score (nSPS) is 13.2. The van der Waals surface area contributed by atoms with Crippen molar-refractivity contribution in [1.29, 1.82) is 0 Å². The highest BCUT2D eigenvalue weighted by Gasteiger charge is 2.01. The minimum absolute atomic E-state index is 0.248. The summed E-state index contributed by atoms with van der Waals surface area (Å²) in [6.07, 6.45) is 5.13. The molecular weight excluding hydrogens is 152 g/mol. The predicted octanol–water partition coefficient (Wildman–Crippen LogP) is 2.35. The Balaban J connectivity index is 3.02. The van der Waals surface area contributed by atoms with Gasteiger partial charge in [0.15, 0.2) is 0 Å². The van der Waals surface area contributed by atoms with E-state index in [0.29, 0.717) is 6.61 Å². The van der Waals surface area contributed by atoms with Gasteiger partial charge >= 0.3 is 0 Å². The molecule has 0 saturated heterocycles. The second kappa shape index (κ2) is 9.01. The molecule has 0 amide bonds. The van der Waals surface area contributed by atoms with Gasteiger partial charge in [-0.3, -0.25) is 0 Å². The van der Waals surface area contributed by atoms with Crippen molar-refractivity contribution >= 4 is 0 Å². The monoisotopic (exact) mass is 174 g/mol. The van der Waals surface area contributed by atoms with Crippen LogP contribution >= 0.6 is 0 Å².